The SMILES string of the molecule is CN(Cc1nc(-c2ccccc2)n[nH]1)C(=O)CCl. The van der Waals surface area contributed by atoms with Gasteiger partial charge in [0.1, 0.15) is 11.7 Å². The highest BCUT2D eigenvalue weighted by atomic mass is 35.5. The van der Waals surface area contributed by atoms with E-state index in [1.54, 1.807) is 7.05 Å². The van der Waals surface area contributed by atoms with Crippen LogP contribution in [0.3, 0.4) is 0 Å². The Bertz CT molecular complexity index is 526. The third-order valence-electron chi connectivity index (χ3n) is 2.49. The smallest absolute Gasteiger partial charge is 0.237 e. The molecule has 0 spiro atoms. The quantitative estimate of drug-likeness (QED) is 0.855. The molecule has 1 amide bonds. The summed E-state index contributed by atoms with van der Waals surface area (Å²) in [6.45, 7) is 0.366. The van der Waals surface area contributed by atoms with Crippen molar-refractivity contribution in [1.29, 1.82) is 0 Å². The fraction of sp³-hybridized carbons (Fsp3) is 0.250. The lowest BCUT2D eigenvalue weighted by Crippen LogP contribution is -2.27. The van der Waals surface area contributed by atoms with Gasteiger partial charge in [-0.15, -0.1) is 11.6 Å². The zero-order valence-electron chi connectivity index (χ0n) is 9.93. The molecule has 1 heterocycles. The first-order chi connectivity index (χ1) is 8.70. The molecule has 0 aliphatic heterocycles. The maximum Gasteiger partial charge on any atom is 0.237 e. The molecule has 0 unspecified atom stereocenters. The first kappa shape index (κ1) is 12.6. The Kier molecular flexibility index (Phi) is 3.94. The van der Waals surface area contributed by atoms with E-state index in [-0.39, 0.29) is 11.8 Å². The zero-order chi connectivity index (χ0) is 13.0. The summed E-state index contributed by atoms with van der Waals surface area (Å²) in [7, 11) is 1.68. The first-order valence-corrected chi connectivity index (χ1v) is 6.01. The van der Waals surface area contributed by atoms with Crippen molar-refractivity contribution in [2.75, 3.05) is 12.9 Å². The fourth-order valence-electron chi connectivity index (χ4n) is 1.50. The minimum atomic E-state index is -0.144. The summed E-state index contributed by atoms with van der Waals surface area (Å²) in [6.07, 6.45) is 0. The van der Waals surface area contributed by atoms with Crippen molar-refractivity contribution in [2.45, 2.75) is 6.54 Å². The molecule has 0 saturated heterocycles. The molecule has 1 N–H and O–H groups in total. The molecule has 0 radical (unpaired) electrons. The van der Waals surface area contributed by atoms with Gasteiger partial charge < -0.3 is 4.90 Å². The minimum absolute atomic E-state index is 0.0316. The number of carbonyl (C=O) groups excluding carboxylic acids is 1. The molecule has 0 saturated carbocycles. The van der Waals surface area contributed by atoms with Crippen molar-refractivity contribution in [3.63, 3.8) is 0 Å². The third-order valence-corrected chi connectivity index (χ3v) is 2.72. The number of alkyl halides is 1. The van der Waals surface area contributed by atoms with E-state index in [9.17, 15) is 4.79 Å². The molecule has 94 valence electrons. The second kappa shape index (κ2) is 5.64. The molecule has 2 rings (SSSR count). The summed E-state index contributed by atoms with van der Waals surface area (Å²) >= 11 is 5.48. The Morgan fingerprint density at radius 2 is 2.11 bits per heavy atom. The van der Waals surface area contributed by atoms with E-state index in [4.69, 9.17) is 11.6 Å². The van der Waals surface area contributed by atoms with Crippen LogP contribution in [0.1, 0.15) is 5.82 Å². The maximum atomic E-state index is 11.3. The summed E-state index contributed by atoms with van der Waals surface area (Å²) in [6, 6.07) is 9.65. The van der Waals surface area contributed by atoms with Gasteiger partial charge in [-0.05, 0) is 0 Å². The average molecular weight is 265 g/mol. The number of carbonyl (C=O) groups is 1. The fourth-order valence-corrected chi connectivity index (χ4v) is 1.70. The number of aromatic amines is 1. The van der Waals surface area contributed by atoms with Crippen LogP contribution in [-0.4, -0.2) is 38.9 Å². The first-order valence-electron chi connectivity index (χ1n) is 5.47. The van der Waals surface area contributed by atoms with Crippen LogP contribution in [0.15, 0.2) is 30.3 Å². The molecule has 5 nitrogen and oxygen atoms in total. The number of H-pyrrole nitrogens is 1. The van der Waals surface area contributed by atoms with Gasteiger partial charge in [0.25, 0.3) is 0 Å². The molecule has 0 aliphatic rings. The standard InChI is InChI=1S/C12H13ClN4O/c1-17(11(18)7-13)8-10-14-12(16-15-10)9-5-3-2-4-6-9/h2-6H,7-8H2,1H3,(H,14,15,16). The molecule has 0 atom stereocenters. The second-order valence-corrected chi connectivity index (χ2v) is 4.12. The van der Waals surface area contributed by atoms with Crippen LogP contribution in [0.25, 0.3) is 11.4 Å². The molecule has 6 heteroatoms. The summed E-state index contributed by atoms with van der Waals surface area (Å²) in [5.74, 6) is 1.08. The van der Waals surface area contributed by atoms with Gasteiger partial charge in [-0.25, -0.2) is 4.98 Å². The highest BCUT2D eigenvalue weighted by Crippen LogP contribution is 2.13. The Morgan fingerprint density at radius 1 is 1.39 bits per heavy atom. The van der Waals surface area contributed by atoms with Crippen molar-refractivity contribution in [2.24, 2.45) is 0 Å². The Balaban J connectivity index is 2.09. The van der Waals surface area contributed by atoms with E-state index in [1.807, 2.05) is 30.3 Å². The van der Waals surface area contributed by atoms with E-state index in [1.165, 1.54) is 4.90 Å². The van der Waals surface area contributed by atoms with E-state index in [2.05, 4.69) is 15.2 Å². The van der Waals surface area contributed by atoms with Crippen LogP contribution < -0.4 is 0 Å². The average Bonchev–Trinajstić information content (AvgIpc) is 2.87. The van der Waals surface area contributed by atoms with Gasteiger partial charge in [0.2, 0.25) is 5.91 Å². The van der Waals surface area contributed by atoms with E-state index >= 15 is 0 Å². The Hall–Kier alpha value is -1.88. The van der Waals surface area contributed by atoms with Crippen LogP contribution in [0.4, 0.5) is 0 Å². The third kappa shape index (κ3) is 2.87. The van der Waals surface area contributed by atoms with Crippen LogP contribution in [-0.2, 0) is 11.3 Å². The second-order valence-electron chi connectivity index (χ2n) is 3.86. The zero-order valence-corrected chi connectivity index (χ0v) is 10.7. The number of aromatic nitrogens is 3. The van der Waals surface area contributed by atoms with Crippen molar-refractivity contribution >= 4 is 17.5 Å². The molecule has 1 aromatic carbocycles. The molecule has 1 aromatic heterocycles. The van der Waals surface area contributed by atoms with Crippen LogP contribution >= 0.6 is 11.6 Å². The number of hydrogen-bond donors (Lipinski definition) is 1. The monoisotopic (exact) mass is 264 g/mol. The molecule has 0 bridgehead atoms. The molecule has 0 aliphatic carbocycles. The van der Waals surface area contributed by atoms with Crippen molar-refractivity contribution in [1.82, 2.24) is 20.1 Å². The number of nitrogens with zero attached hydrogens (tertiary/aromatic N) is 3. The van der Waals surface area contributed by atoms with E-state index in [0.29, 0.717) is 18.2 Å². The summed E-state index contributed by atoms with van der Waals surface area (Å²) in [5.41, 5.74) is 0.936. The summed E-state index contributed by atoms with van der Waals surface area (Å²) in [5, 5.41) is 6.93. The molecular weight excluding hydrogens is 252 g/mol. The van der Waals surface area contributed by atoms with Gasteiger partial charge in [0.15, 0.2) is 5.82 Å². The summed E-state index contributed by atoms with van der Waals surface area (Å²) < 4.78 is 0. The van der Waals surface area contributed by atoms with Crippen LogP contribution in [0.2, 0.25) is 0 Å². The predicted molar refractivity (Wildman–Crippen MR) is 69.0 cm³/mol. The number of rotatable bonds is 4. The number of benzene rings is 1. The lowest BCUT2D eigenvalue weighted by atomic mass is 10.2. The van der Waals surface area contributed by atoms with Gasteiger partial charge in [0, 0.05) is 12.6 Å². The molecular formula is C12H13ClN4O. The number of halogens is 1. The highest BCUT2D eigenvalue weighted by Gasteiger charge is 2.11. The van der Waals surface area contributed by atoms with E-state index < -0.39 is 0 Å². The van der Waals surface area contributed by atoms with Gasteiger partial charge in [-0.3, -0.25) is 9.89 Å². The summed E-state index contributed by atoms with van der Waals surface area (Å²) in [4.78, 5) is 17.2. The van der Waals surface area contributed by atoms with Crippen molar-refractivity contribution < 1.29 is 4.79 Å². The maximum absolute atomic E-state index is 11.3. The molecule has 0 fully saturated rings. The Morgan fingerprint density at radius 3 is 2.78 bits per heavy atom. The number of nitrogens with one attached hydrogen (secondary N) is 1. The van der Waals surface area contributed by atoms with Gasteiger partial charge in [-0.2, -0.15) is 5.10 Å². The molecule has 2 aromatic rings. The van der Waals surface area contributed by atoms with Gasteiger partial charge in [-0.1, -0.05) is 30.3 Å². The van der Waals surface area contributed by atoms with Gasteiger partial charge >= 0.3 is 0 Å². The molecule has 18 heavy (non-hydrogen) atoms. The lowest BCUT2D eigenvalue weighted by molar-refractivity contribution is -0.127. The highest BCUT2D eigenvalue weighted by molar-refractivity contribution is 6.27. The lowest BCUT2D eigenvalue weighted by Gasteiger charge is -2.12. The van der Waals surface area contributed by atoms with Gasteiger partial charge in [0.05, 0.1) is 6.54 Å². The largest absolute Gasteiger partial charge is 0.337 e. The number of hydrogen-bond acceptors (Lipinski definition) is 3. The van der Waals surface area contributed by atoms with Crippen LogP contribution in [0.5, 0.6) is 0 Å². The predicted octanol–water partition coefficient (Wildman–Crippen LogP) is 1.67. The van der Waals surface area contributed by atoms with Crippen LogP contribution in [0, 0.1) is 0 Å². The topological polar surface area (TPSA) is 61.9 Å². The van der Waals surface area contributed by atoms with Crippen molar-refractivity contribution in [3.8, 4) is 11.4 Å². The van der Waals surface area contributed by atoms with Crippen molar-refractivity contribution in [3.05, 3.63) is 36.2 Å². The number of amides is 1. The Labute approximate surface area is 110 Å². The minimum Gasteiger partial charge on any atom is -0.337 e. The van der Waals surface area contributed by atoms with E-state index in [0.717, 1.165) is 5.56 Å². The normalized spacial score (nSPS) is 10.3.